The zero-order valence-corrected chi connectivity index (χ0v) is 11.9. The van der Waals surface area contributed by atoms with Crippen molar-refractivity contribution in [3.05, 3.63) is 11.9 Å². The van der Waals surface area contributed by atoms with Crippen LogP contribution in [-0.4, -0.2) is 40.3 Å². The number of carbonyl (C=O) groups is 1. The molecule has 1 saturated heterocycles. The molecule has 0 spiro atoms. The van der Waals surface area contributed by atoms with Crippen molar-refractivity contribution in [2.75, 3.05) is 13.2 Å². The standard InChI is InChI=1S/C13H22N4O3/c1-2-3-6-14-13(18)20-10-11-8-17(16-15-11)9-12-5-4-7-19-12/h8,12H,2-7,9-10H2,1H3,(H,14,18). The maximum absolute atomic E-state index is 11.4. The number of carbonyl (C=O) groups excluding carboxylic acids is 1. The van der Waals surface area contributed by atoms with Crippen LogP contribution in [0, 0.1) is 0 Å². The molecule has 0 radical (unpaired) electrons. The number of hydrogen-bond donors (Lipinski definition) is 1. The van der Waals surface area contributed by atoms with Gasteiger partial charge in [0.25, 0.3) is 0 Å². The number of unbranched alkanes of at least 4 members (excludes halogenated alkanes) is 1. The molecule has 1 atom stereocenters. The molecule has 20 heavy (non-hydrogen) atoms. The van der Waals surface area contributed by atoms with Crippen molar-refractivity contribution in [2.45, 2.75) is 51.9 Å². The molecule has 0 saturated carbocycles. The predicted octanol–water partition coefficient (Wildman–Crippen LogP) is 1.48. The number of nitrogens with one attached hydrogen (secondary N) is 1. The summed E-state index contributed by atoms with van der Waals surface area (Å²) in [6.45, 7) is 4.38. The Morgan fingerprint density at radius 2 is 2.55 bits per heavy atom. The monoisotopic (exact) mass is 282 g/mol. The Hall–Kier alpha value is -1.63. The number of aromatic nitrogens is 3. The van der Waals surface area contributed by atoms with E-state index in [2.05, 4.69) is 22.6 Å². The number of amides is 1. The van der Waals surface area contributed by atoms with E-state index in [9.17, 15) is 4.79 Å². The van der Waals surface area contributed by atoms with E-state index in [1.54, 1.807) is 10.9 Å². The van der Waals surface area contributed by atoms with Crippen LogP contribution in [0.25, 0.3) is 0 Å². The van der Waals surface area contributed by atoms with E-state index >= 15 is 0 Å². The predicted molar refractivity (Wildman–Crippen MR) is 72.1 cm³/mol. The quantitative estimate of drug-likeness (QED) is 0.766. The van der Waals surface area contributed by atoms with Gasteiger partial charge in [0.2, 0.25) is 0 Å². The molecular weight excluding hydrogens is 260 g/mol. The van der Waals surface area contributed by atoms with Crippen LogP contribution in [0.3, 0.4) is 0 Å². The highest BCUT2D eigenvalue weighted by Gasteiger charge is 2.16. The summed E-state index contributed by atoms with van der Waals surface area (Å²) in [6.07, 6.45) is 5.76. The fourth-order valence-corrected chi connectivity index (χ4v) is 2.05. The second kappa shape index (κ2) is 7.84. The largest absolute Gasteiger partial charge is 0.443 e. The Bertz CT molecular complexity index is 416. The van der Waals surface area contributed by atoms with E-state index in [1.807, 2.05) is 0 Å². The maximum atomic E-state index is 11.4. The van der Waals surface area contributed by atoms with E-state index in [1.165, 1.54) is 0 Å². The van der Waals surface area contributed by atoms with Gasteiger partial charge in [-0.1, -0.05) is 18.6 Å². The summed E-state index contributed by atoms with van der Waals surface area (Å²) in [4.78, 5) is 11.4. The van der Waals surface area contributed by atoms with Crippen LogP contribution in [0.4, 0.5) is 4.79 Å². The fourth-order valence-electron chi connectivity index (χ4n) is 2.05. The third-order valence-corrected chi connectivity index (χ3v) is 3.15. The Morgan fingerprint density at radius 3 is 3.30 bits per heavy atom. The molecule has 1 unspecified atom stereocenters. The fraction of sp³-hybridized carbons (Fsp3) is 0.769. The Labute approximate surface area is 118 Å². The van der Waals surface area contributed by atoms with E-state index in [4.69, 9.17) is 9.47 Å². The van der Waals surface area contributed by atoms with Crippen molar-refractivity contribution in [1.82, 2.24) is 20.3 Å². The first-order valence-electron chi connectivity index (χ1n) is 7.19. The van der Waals surface area contributed by atoms with Gasteiger partial charge in [-0.3, -0.25) is 0 Å². The van der Waals surface area contributed by atoms with Crippen molar-refractivity contribution in [1.29, 1.82) is 0 Å². The van der Waals surface area contributed by atoms with E-state index in [-0.39, 0.29) is 12.7 Å². The summed E-state index contributed by atoms with van der Waals surface area (Å²) in [5.74, 6) is 0. The lowest BCUT2D eigenvalue weighted by atomic mass is 10.2. The molecule has 7 nitrogen and oxygen atoms in total. The number of hydrogen-bond acceptors (Lipinski definition) is 5. The molecule has 1 fully saturated rings. The van der Waals surface area contributed by atoms with Gasteiger partial charge >= 0.3 is 6.09 Å². The molecule has 1 aromatic heterocycles. The van der Waals surface area contributed by atoms with Gasteiger partial charge in [0.1, 0.15) is 12.3 Å². The second-order valence-electron chi connectivity index (χ2n) is 4.92. The van der Waals surface area contributed by atoms with Gasteiger partial charge in [-0.2, -0.15) is 0 Å². The molecule has 2 rings (SSSR count). The lowest BCUT2D eigenvalue weighted by Crippen LogP contribution is -2.25. The van der Waals surface area contributed by atoms with E-state index < -0.39 is 6.09 Å². The Kier molecular flexibility index (Phi) is 5.79. The molecular formula is C13H22N4O3. The second-order valence-corrected chi connectivity index (χ2v) is 4.92. The molecule has 1 aliphatic rings. The minimum absolute atomic E-state index is 0.142. The summed E-state index contributed by atoms with van der Waals surface area (Å²) >= 11 is 0. The minimum Gasteiger partial charge on any atom is -0.443 e. The first-order chi connectivity index (χ1) is 9.78. The average Bonchev–Trinajstić information content (AvgIpc) is 3.09. The molecule has 1 aliphatic heterocycles. The average molecular weight is 282 g/mol. The molecule has 0 aromatic carbocycles. The topological polar surface area (TPSA) is 78.3 Å². The molecule has 0 bridgehead atoms. The van der Waals surface area contributed by atoms with Gasteiger partial charge in [0.05, 0.1) is 18.8 Å². The smallest absolute Gasteiger partial charge is 0.407 e. The van der Waals surface area contributed by atoms with E-state index in [0.29, 0.717) is 18.8 Å². The highest BCUT2D eigenvalue weighted by molar-refractivity contribution is 5.66. The summed E-state index contributed by atoms with van der Waals surface area (Å²) in [5, 5.41) is 10.7. The summed E-state index contributed by atoms with van der Waals surface area (Å²) in [5.41, 5.74) is 0.647. The van der Waals surface area contributed by atoms with Gasteiger partial charge in [0.15, 0.2) is 0 Å². The van der Waals surface area contributed by atoms with Crippen LogP contribution < -0.4 is 5.32 Å². The molecule has 112 valence electrons. The third kappa shape index (κ3) is 4.80. The van der Waals surface area contributed by atoms with Crippen molar-refractivity contribution in [2.24, 2.45) is 0 Å². The zero-order chi connectivity index (χ0) is 14.2. The minimum atomic E-state index is -0.410. The maximum Gasteiger partial charge on any atom is 0.407 e. The summed E-state index contributed by atoms with van der Waals surface area (Å²) < 4.78 is 12.3. The molecule has 2 heterocycles. The van der Waals surface area contributed by atoms with Crippen LogP contribution in [0.5, 0.6) is 0 Å². The van der Waals surface area contributed by atoms with Gasteiger partial charge in [-0.15, -0.1) is 5.10 Å². The highest BCUT2D eigenvalue weighted by Crippen LogP contribution is 2.13. The first kappa shape index (κ1) is 14.8. The first-order valence-corrected chi connectivity index (χ1v) is 7.19. The Morgan fingerprint density at radius 1 is 1.65 bits per heavy atom. The molecule has 1 N–H and O–H groups in total. The molecule has 1 amide bonds. The molecule has 7 heteroatoms. The van der Waals surface area contributed by atoms with Crippen LogP contribution in [-0.2, 0) is 22.6 Å². The third-order valence-electron chi connectivity index (χ3n) is 3.15. The van der Waals surface area contributed by atoms with Crippen molar-refractivity contribution in [3.8, 4) is 0 Å². The summed E-state index contributed by atoms with van der Waals surface area (Å²) in [7, 11) is 0. The van der Waals surface area contributed by atoms with Crippen LogP contribution in [0.15, 0.2) is 6.20 Å². The SMILES string of the molecule is CCCCNC(=O)OCc1cn(CC2CCCO2)nn1. The van der Waals surface area contributed by atoms with Crippen molar-refractivity contribution >= 4 is 6.09 Å². The highest BCUT2D eigenvalue weighted by atomic mass is 16.5. The van der Waals surface area contributed by atoms with Gasteiger partial charge in [0, 0.05) is 13.2 Å². The Balaban J connectivity index is 1.68. The van der Waals surface area contributed by atoms with Crippen LogP contribution in [0.1, 0.15) is 38.3 Å². The van der Waals surface area contributed by atoms with Crippen molar-refractivity contribution < 1.29 is 14.3 Å². The number of rotatable bonds is 7. The lowest BCUT2D eigenvalue weighted by Gasteiger charge is -2.07. The normalized spacial score (nSPS) is 18.1. The molecule has 0 aliphatic carbocycles. The number of nitrogens with zero attached hydrogens (tertiary/aromatic N) is 3. The van der Waals surface area contributed by atoms with Crippen LogP contribution in [0.2, 0.25) is 0 Å². The van der Waals surface area contributed by atoms with E-state index in [0.717, 1.165) is 32.3 Å². The zero-order valence-electron chi connectivity index (χ0n) is 11.9. The molecule has 1 aromatic rings. The lowest BCUT2D eigenvalue weighted by molar-refractivity contribution is 0.0934. The van der Waals surface area contributed by atoms with Gasteiger partial charge in [-0.25, -0.2) is 9.48 Å². The summed E-state index contributed by atoms with van der Waals surface area (Å²) in [6, 6.07) is 0. The number of ether oxygens (including phenoxy) is 2. The van der Waals surface area contributed by atoms with Gasteiger partial charge < -0.3 is 14.8 Å². The van der Waals surface area contributed by atoms with Crippen molar-refractivity contribution in [3.63, 3.8) is 0 Å². The number of alkyl carbamates (subject to hydrolysis) is 1. The van der Waals surface area contributed by atoms with Gasteiger partial charge in [-0.05, 0) is 19.3 Å². The van der Waals surface area contributed by atoms with Crippen LogP contribution >= 0.6 is 0 Å².